The first-order valence-corrected chi connectivity index (χ1v) is 8.98. The van der Waals surface area contributed by atoms with Gasteiger partial charge in [-0.15, -0.1) is 0 Å². The number of nitrogens with zero attached hydrogens (tertiary/aromatic N) is 1. The predicted molar refractivity (Wildman–Crippen MR) is 99.9 cm³/mol. The molecule has 1 N–H and O–H groups in total. The third kappa shape index (κ3) is 3.70. The zero-order chi connectivity index (χ0) is 23.3. The Bertz CT molecular complexity index is 1190. The highest BCUT2D eigenvalue weighted by atomic mass is 19.3. The molecule has 3 aromatic rings. The van der Waals surface area contributed by atoms with E-state index < -0.39 is 46.8 Å². The van der Waals surface area contributed by atoms with Crippen molar-refractivity contribution in [3.8, 4) is 22.6 Å². The van der Waals surface area contributed by atoms with Gasteiger partial charge in [-0.05, 0) is 54.4 Å². The van der Waals surface area contributed by atoms with Crippen LogP contribution in [0, 0.1) is 18.6 Å². The number of hydrogen-bond donors (Lipinski definition) is 1. The van der Waals surface area contributed by atoms with Crippen molar-refractivity contribution in [1.82, 2.24) is 4.98 Å². The van der Waals surface area contributed by atoms with Crippen LogP contribution in [-0.2, 0) is 0 Å². The van der Waals surface area contributed by atoms with E-state index in [9.17, 15) is 31.1 Å². The van der Waals surface area contributed by atoms with Crippen molar-refractivity contribution in [1.29, 1.82) is 0 Å². The number of halogens is 6. The van der Waals surface area contributed by atoms with Crippen molar-refractivity contribution in [2.45, 2.75) is 19.1 Å². The number of fused-ring (bicyclic) bond motifs is 1. The van der Waals surface area contributed by atoms with Crippen LogP contribution in [0.3, 0.4) is 0 Å². The van der Waals surface area contributed by atoms with E-state index in [0.717, 1.165) is 30.3 Å². The van der Waals surface area contributed by atoms with E-state index in [4.69, 9.17) is 0 Å². The summed E-state index contributed by atoms with van der Waals surface area (Å²) < 4.78 is 89.3. The molecular weight excluding hydrogens is 442 g/mol. The molecule has 32 heavy (non-hydrogen) atoms. The van der Waals surface area contributed by atoms with E-state index in [0.29, 0.717) is 16.7 Å². The Balaban J connectivity index is 1.59. The standard InChI is InChI=1S/C21H12F6N2O3/c1-10-7-15-16(32-21(26,27)20(24,25)31-15)8-12(10)11-5-6-17(28-9-11)29-19(30)18-13(22)3-2-4-14(18)23/h2-9H,1H3,(H,28,29,30). The molecular formula is C21H12F6N2O3. The number of pyridine rings is 1. The monoisotopic (exact) mass is 454 g/mol. The summed E-state index contributed by atoms with van der Waals surface area (Å²) in [5, 5.41) is 2.25. The highest BCUT2D eigenvalue weighted by Crippen LogP contribution is 2.48. The van der Waals surface area contributed by atoms with Gasteiger partial charge in [-0.25, -0.2) is 13.8 Å². The summed E-state index contributed by atoms with van der Waals surface area (Å²) in [6, 6.07) is 7.93. The van der Waals surface area contributed by atoms with Crippen LogP contribution in [0.4, 0.5) is 32.2 Å². The van der Waals surface area contributed by atoms with Crippen LogP contribution >= 0.6 is 0 Å². The van der Waals surface area contributed by atoms with Gasteiger partial charge in [0.15, 0.2) is 11.5 Å². The lowest BCUT2D eigenvalue weighted by molar-refractivity contribution is -0.391. The summed E-state index contributed by atoms with van der Waals surface area (Å²) in [7, 11) is 0. The van der Waals surface area contributed by atoms with Crippen LogP contribution in [-0.4, -0.2) is 23.1 Å². The lowest BCUT2D eigenvalue weighted by Crippen LogP contribution is -2.52. The molecule has 0 spiro atoms. The van der Waals surface area contributed by atoms with Gasteiger partial charge in [0.25, 0.3) is 5.91 Å². The Labute approximate surface area is 176 Å². The summed E-state index contributed by atoms with van der Waals surface area (Å²) in [4.78, 5) is 16.1. The Hall–Kier alpha value is -3.76. The van der Waals surface area contributed by atoms with E-state index in [1.807, 2.05) is 0 Å². The summed E-state index contributed by atoms with van der Waals surface area (Å²) in [6.07, 6.45) is -8.44. The van der Waals surface area contributed by atoms with Crippen LogP contribution in [0.1, 0.15) is 15.9 Å². The molecule has 11 heteroatoms. The van der Waals surface area contributed by atoms with E-state index in [-0.39, 0.29) is 5.82 Å². The maximum atomic E-state index is 13.7. The first kappa shape index (κ1) is 21.5. The Kier molecular flexibility index (Phi) is 4.99. The Morgan fingerprint density at radius 3 is 2.09 bits per heavy atom. The molecule has 1 amide bonds. The fraction of sp³-hybridized carbons (Fsp3) is 0.143. The van der Waals surface area contributed by atoms with Gasteiger partial charge in [0.2, 0.25) is 0 Å². The Morgan fingerprint density at radius 2 is 1.53 bits per heavy atom. The molecule has 0 fully saturated rings. The highest BCUT2D eigenvalue weighted by Gasteiger charge is 2.66. The largest absolute Gasteiger partial charge is 0.507 e. The lowest BCUT2D eigenvalue weighted by Gasteiger charge is -2.32. The summed E-state index contributed by atoms with van der Waals surface area (Å²) in [5.74, 6) is -4.33. The second-order valence-electron chi connectivity index (χ2n) is 6.83. The van der Waals surface area contributed by atoms with Crippen molar-refractivity contribution in [2.24, 2.45) is 0 Å². The van der Waals surface area contributed by atoms with Crippen molar-refractivity contribution in [3.05, 3.63) is 71.4 Å². The maximum Gasteiger partial charge on any atom is 0.507 e. The van der Waals surface area contributed by atoms with Gasteiger partial charge in [0.05, 0.1) is 0 Å². The first-order valence-electron chi connectivity index (χ1n) is 8.98. The van der Waals surface area contributed by atoms with Crippen molar-refractivity contribution in [3.63, 3.8) is 0 Å². The van der Waals surface area contributed by atoms with Gasteiger partial charge in [0.1, 0.15) is 23.0 Å². The average Bonchev–Trinajstić information content (AvgIpc) is 2.69. The molecule has 5 nitrogen and oxygen atoms in total. The second kappa shape index (κ2) is 7.43. The first-order chi connectivity index (χ1) is 15.0. The van der Waals surface area contributed by atoms with Gasteiger partial charge in [-0.1, -0.05) is 6.07 Å². The van der Waals surface area contributed by atoms with Crippen LogP contribution in [0.5, 0.6) is 11.5 Å². The Morgan fingerprint density at radius 1 is 0.938 bits per heavy atom. The third-order valence-electron chi connectivity index (χ3n) is 4.61. The fourth-order valence-corrected chi connectivity index (χ4v) is 3.05. The average molecular weight is 454 g/mol. The second-order valence-corrected chi connectivity index (χ2v) is 6.83. The third-order valence-corrected chi connectivity index (χ3v) is 4.61. The number of rotatable bonds is 3. The van der Waals surface area contributed by atoms with Crippen LogP contribution < -0.4 is 14.8 Å². The number of carbonyl (C=O) groups excluding carboxylic acids is 1. The molecule has 1 aliphatic rings. The van der Waals surface area contributed by atoms with Crippen molar-refractivity contribution < 1.29 is 40.6 Å². The number of anilines is 1. The molecule has 0 atom stereocenters. The maximum absolute atomic E-state index is 13.7. The molecule has 0 saturated carbocycles. The van der Waals surface area contributed by atoms with Gasteiger partial charge >= 0.3 is 12.2 Å². The number of benzene rings is 2. The topological polar surface area (TPSA) is 60.5 Å². The van der Waals surface area contributed by atoms with Crippen molar-refractivity contribution >= 4 is 11.7 Å². The number of alkyl halides is 4. The molecule has 166 valence electrons. The predicted octanol–water partition coefficient (Wildman–Crippen LogP) is 5.54. The molecule has 2 heterocycles. The van der Waals surface area contributed by atoms with Gasteiger partial charge in [-0.2, -0.15) is 17.6 Å². The smallest absolute Gasteiger partial charge is 0.421 e. The van der Waals surface area contributed by atoms with Crippen LogP contribution in [0.25, 0.3) is 11.1 Å². The fourth-order valence-electron chi connectivity index (χ4n) is 3.05. The molecule has 1 aromatic heterocycles. The van der Waals surface area contributed by atoms with E-state index >= 15 is 0 Å². The lowest BCUT2D eigenvalue weighted by atomic mass is 10.0. The summed E-state index contributed by atoms with van der Waals surface area (Å²) in [6.45, 7) is 1.53. The van der Waals surface area contributed by atoms with E-state index in [1.54, 1.807) is 0 Å². The minimum atomic E-state index is -4.86. The quantitative estimate of drug-likeness (QED) is 0.528. The number of carbonyl (C=O) groups is 1. The number of nitrogens with one attached hydrogen (secondary N) is 1. The zero-order valence-corrected chi connectivity index (χ0v) is 16.1. The number of ether oxygens (including phenoxy) is 2. The zero-order valence-electron chi connectivity index (χ0n) is 16.1. The van der Waals surface area contributed by atoms with E-state index in [2.05, 4.69) is 19.8 Å². The SMILES string of the molecule is Cc1cc2c(cc1-c1ccc(NC(=O)c3c(F)cccc3F)nc1)OC(F)(F)C(F)(F)O2. The molecule has 4 rings (SSSR count). The summed E-state index contributed by atoms with van der Waals surface area (Å²) >= 11 is 0. The van der Waals surface area contributed by atoms with Crippen LogP contribution in [0.15, 0.2) is 48.7 Å². The number of aryl methyl sites for hydroxylation is 1. The molecule has 1 aliphatic heterocycles. The molecule has 0 saturated heterocycles. The van der Waals surface area contributed by atoms with Crippen LogP contribution in [0.2, 0.25) is 0 Å². The van der Waals surface area contributed by atoms with Gasteiger partial charge in [0, 0.05) is 11.8 Å². The molecule has 0 radical (unpaired) electrons. The van der Waals surface area contributed by atoms with E-state index in [1.165, 1.54) is 25.3 Å². The summed E-state index contributed by atoms with van der Waals surface area (Å²) in [5.41, 5.74) is 0.294. The van der Waals surface area contributed by atoms with Crippen molar-refractivity contribution in [2.75, 3.05) is 5.32 Å². The van der Waals surface area contributed by atoms with Gasteiger partial charge in [-0.3, -0.25) is 4.79 Å². The molecule has 0 aliphatic carbocycles. The molecule has 0 bridgehead atoms. The minimum Gasteiger partial charge on any atom is -0.421 e. The number of hydrogen-bond acceptors (Lipinski definition) is 4. The highest BCUT2D eigenvalue weighted by molar-refractivity contribution is 6.04. The van der Waals surface area contributed by atoms with Gasteiger partial charge < -0.3 is 14.8 Å². The number of aromatic nitrogens is 1. The molecule has 2 aromatic carbocycles. The molecule has 0 unspecified atom stereocenters. The normalized spacial score (nSPS) is 15.8. The number of amides is 1. The minimum absolute atomic E-state index is 0.0391.